The normalized spacial score (nSPS) is 20.1. The Bertz CT molecular complexity index is 738. The average Bonchev–Trinajstić information content (AvgIpc) is 3.03. The molecule has 1 aliphatic rings. The first-order valence-corrected chi connectivity index (χ1v) is 9.17. The van der Waals surface area contributed by atoms with Crippen molar-refractivity contribution >= 4 is 39.0 Å². The lowest BCUT2D eigenvalue weighted by molar-refractivity contribution is 0.392. The van der Waals surface area contributed by atoms with Crippen LogP contribution in [0.2, 0.25) is 5.15 Å². The van der Waals surface area contributed by atoms with E-state index in [1.165, 1.54) is 8.71 Å². The molecule has 0 aliphatic carbocycles. The van der Waals surface area contributed by atoms with E-state index in [2.05, 4.69) is 4.98 Å². The minimum absolute atomic E-state index is 0.0219. The van der Waals surface area contributed by atoms with Crippen molar-refractivity contribution in [1.82, 2.24) is 13.7 Å². The van der Waals surface area contributed by atoms with E-state index in [0.717, 1.165) is 17.9 Å². The summed E-state index contributed by atoms with van der Waals surface area (Å²) in [4.78, 5) is 4.11. The summed E-state index contributed by atoms with van der Waals surface area (Å²) < 4.78 is 28.5. The van der Waals surface area contributed by atoms with Gasteiger partial charge in [-0.2, -0.15) is 16.1 Å². The van der Waals surface area contributed by atoms with E-state index in [-0.39, 0.29) is 16.2 Å². The molecule has 108 valence electrons. The Morgan fingerprint density at radius 1 is 1.50 bits per heavy atom. The third-order valence-corrected chi connectivity index (χ3v) is 6.95. The van der Waals surface area contributed by atoms with E-state index >= 15 is 0 Å². The van der Waals surface area contributed by atoms with E-state index in [0.29, 0.717) is 5.65 Å². The van der Waals surface area contributed by atoms with Crippen LogP contribution in [0.3, 0.4) is 0 Å². The van der Waals surface area contributed by atoms with Crippen LogP contribution in [0.4, 0.5) is 0 Å². The molecule has 1 aliphatic heterocycles. The molecule has 1 fully saturated rings. The van der Waals surface area contributed by atoms with E-state index in [4.69, 9.17) is 11.6 Å². The Morgan fingerprint density at radius 2 is 2.30 bits per heavy atom. The van der Waals surface area contributed by atoms with Crippen LogP contribution >= 0.6 is 23.4 Å². The Labute approximate surface area is 127 Å². The number of thioether (sulfide) groups is 1. The van der Waals surface area contributed by atoms with Gasteiger partial charge < -0.3 is 0 Å². The standard InChI is InChI=1S/C12H14ClN3O2S2/c1-15(9-5-7-19-8-9)20(17,18)12-11(13)14-10-4-2-3-6-16(10)12/h2-4,6,9H,5,7-8H2,1H3. The zero-order chi connectivity index (χ0) is 14.3. The molecule has 0 saturated carbocycles. The van der Waals surface area contributed by atoms with E-state index in [1.54, 1.807) is 43.2 Å². The number of sulfonamides is 1. The lowest BCUT2D eigenvalue weighted by Gasteiger charge is -2.22. The number of pyridine rings is 1. The first-order valence-electron chi connectivity index (χ1n) is 6.20. The molecule has 5 nitrogen and oxygen atoms in total. The number of imidazole rings is 1. The highest BCUT2D eigenvalue weighted by Crippen LogP contribution is 2.29. The smallest absolute Gasteiger partial charge is 0.262 e. The summed E-state index contributed by atoms with van der Waals surface area (Å²) >= 11 is 7.83. The van der Waals surface area contributed by atoms with Crippen molar-refractivity contribution in [1.29, 1.82) is 0 Å². The van der Waals surface area contributed by atoms with Crippen molar-refractivity contribution in [3.05, 3.63) is 29.5 Å². The molecule has 1 unspecified atom stereocenters. The van der Waals surface area contributed by atoms with Crippen LogP contribution in [0.1, 0.15) is 6.42 Å². The van der Waals surface area contributed by atoms with E-state index in [1.807, 2.05) is 0 Å². The Hall–Kier alpha value is -0.760. The second-order valence-corrected chi connectivity index (χ2v) is 8.10. The zero-order valence-corrected chi connectivity index (χ0v) is 13.2. The SMILES string of the molecule is CN(C1CCSC1)S(=O)(=O)c1c(Cl)nc2ccccn12. The summed E-state index contributed by atoms with van der Waals surface area (Å²) in [6.45, 7) is 0. The van der Waals surface area contributed by atoms with Crippen LogP contribution in [0.25, 0.3) is 5.65 Å². The first-order chi connectivity index (χ1) is 9.51. The van der Waals surface area contributed by atoms with E-state index in [9.17, 15) is 8.42 Å². The maximum atomic E-state index is 12.8. The topological polar surface area (TPSA) is 54.7 Å². The Kier molecular flexibility index (Phi) is 3.70. The second-order valence-electron chi connectivity index (χ2n) is 4.68. The van der Waals surface area contributed by atoms with Crippen molar-refractivity contribution < 1.29 is 8.42 Å². The van der Waals surface area contributed by atoms with Gasteiger partial charge in [-0.05, 0) is 24.3 Å². The van der Waals surface area contributed by atoms with Gasteiger partial charge in [-0.15, -0.1) is 0 Å². The Morgan fingerprint density at radius 3 is 3.00 bits per heavy atom. The predicted molar refractivity (Wildman–Crippen MR) is 80.9 cm³/mol. The fraction of sp³-hybridized carbons (Fsp3) is 0.417. The molecule has 0 amide bonds. The predicted octanol–water partition coefficient (Wildman–Crippen LogP) is 2.11. The molecule has 2 aromatic rings. The number of hydrogen-bond acceptors (Lipinski definition) is 4. The van der Waals surface area contributed by atoms with Gasteiger partial charge in [0.25, 0.3) is 10.0 Å². The van der Waals surface area contributed by atoms with Crippen LogP contribution in [-0.2, 0) is 10.0 Å². The lowest BCUT2D eigenvalue weighted by Crippen LogP contribution is -2.37. The number of fused-ring (bicyclic) bond motifs is 1. The molecule has 0 bridgehead atoms. The summed E-state index contributed by atoms with van der Waals surface area (Å²) in [5.74, 6) is 1.81. The minimum Gasteiger partial charge on any atom is -0.288 e. The zero-order valence-electron chi connectivity index (χ0n) is 10.9. The minimum atomic E-state index is -3.65. The van der Waals surface area contributed by atoms with Crippen molar-refractivity contribution in [2.75, 3.05) is 18.6 Å². The fourth-order valence-corrected chi connectivity index (χ4v) is 5.66. The largest absolute Gasteiger partial charge is 0.288 e. The van der Waals surface area contributed by atoms with Gasteiger partial charge in [0.2, 0.25) is 0 Å². The van der Waals surface area contributed by atoms with Crippen molar-refractivity contribution in [3.63, 3.8) is 0 Å². The van der Waals surface area contributed by atoms with Crippen molar-refractivity contribution in [2.24, 2.45) is 0 Å². The molecule has 20 heavy (non-hydrogen) atoms. The van der Waals surface area contributed by atoms with Gasteiger partial charge in [0.05, 0.1) is 0 Å². The van der Waals surface area contributed by atoms with Crippen LogP contribution in [0.15, 0.2) is 29.4 Å². The molecule has 3 rings (SSSR count). The number of halogens is 1. The molecule has 0 radical (unpaired) electrons. The van der Waals surface area contributed by atoms with Gasteiger partial charge >= 0.3 is 0 Å². The highest BCUT2D eigenvalue weighted by molar-refractivity contribution is 7.99. The summed E-state index contributed by atoms with van der Waals surface area (Å²) in [5.41, 5.74) is 0.533. The molecule has 2 aromatic heterocycles. The molecule has 8 heteroatoms. The van der Waals surface area contributed by atoms with Crippen LogP contribution in [-0.4, -0.2) is 46.7 Å². The van der Waals surface area contributed by atoms with Gasteiger partial charge in [0.1, 0.15) is 5.65 Å². The quantitative estimate of drug-likeness (QED) is 0.864. The summed E-state index contributed by atoms with van der Waals surface area (Å²) in [7, 11) is -2.03. The fourth-order valence-electron chi connectivity index (χ4n) is 2.32. The van der Waals surface area contributed by atoms with Crippen molar-refractivity contribution in [2.45, 2.75) is 17.5 Å². The second kappa shape index (κ2) is 5.22. The number of nitrogens with zero attached hydrogens (tertiary/aromatic N) is 3. The summed E-state index contributed by atoms with van der Waals surface area (Å²) in [6.07, 6.45) is 2.53. The maximum Gasteiger partial charge on any atom is 0.262 e. The van der Waals surface area contributed by atoms with Gasteiger partial charge in [-0.25, -0.2) is 13.4 Å². The highest BCUT2D eigenvalue weighted by atomic mass is 35.5. The molecule has 0 spiro atoms. The number of hydrogen-bond donors (Lipinski definition) is 0. The molecular formula is C12H14ClN3O2S2. The molecule has 0 N–H and O–H groups in total. The highest BCUT2D eigenvalue weighted by Gasteiger charge is 2.34. The van der Waals surface area contributed by atoms with Crippen LogP contribution in [0, 0.1) is 0 Å². The van der Waals surface area contributed by atoms with Crippen LogP contribution < -0.4 is 0 Å². The maximum absolute atomic E-state index is 12.8. The van der Waals surface area contributed by atoms with E-state index < -0.39 is 10.0 Å². The van der Waals surface area contributed by atoms with Crippen LogP contribution in [0.5, 0.6) is 0 Å². The molecule has 3 heterocycles. The van der Waals surface area contributed by atoms with Gasteiger partial charge in [-0.3, -0.25) is 4.40 Å². The molecular weight excluding hydrogens is 318 g/mol. The monoisotopic (exact) mass is 331 g/mol. The molecule has 0 aromatic carbocycles. The molecule has 1 atom stereocenters. The van der Waals surface area contributed by atoms with Gasteiger partial charge in [0.15, 0.2) is 10.2 Å². The van der Waals surface area contributed by atoms with Gasteiger partial charge in [-0.1, -0.05) is 17.7 Å². The average molecular weight is 332 g/mol. The lowest BCUT2D eigenvalue weighted by atomic mass is 10.3. The third kappa shape index (κ3) is 2.22. The number of rotatable bonds is 3. The molecule has 1 saturated heterocycles. The summed E-state index contributed by atoms with van der Waals surface area (Å²) in [6, 6.07) is 5.31. The first kappa shape index (κ1) is 14.2. The number of aromatic nitrogens is 2. The van der Waals surface area contributed by atoms with Gasteiger partial charge in [0, 0.05) is 25.0 Å². The Balaban J connectivity index is 2.11. The third-order valence-electron chi connectivity index (χ3n) is 3.49. The van der Waals surface area contributed by atoms with Crippen molar-refractivity contribution in [3.8, 4) is 0 Å². The summed E-state index contributed by atoms with van der Waals surface area (Å²) in [5, 5.41) is 0.0721.